The Morgan fingerprint density at radius 1 is 1.36 bits per heavy atom. The van der Waals surface area contributed by atoms with E-state index in [0.29, 0.717) is 32.6 Å². The number of rotatable bonds is 5. The summed E-state index contributed by atoms with van der Waals surface area (Å²) >= 11 is 6.03. The lowest BCUT2D eigenvalue weighted by molar-refractivity contribution is -0.179. The van der Waals surface area contributed by atoms with Crippen molar-refractivity contribution in [2.75, 3.05) is 32.9 Å². The molecule has 0 radical (unpaired) electrons. The highest BCUT2D eigenvalue weighted by atomic mass is 35.5. The highest BCUT2D eigenvalue weighted by Gasteiger charge is 2.44. The fourth-order valence-electron chi connectivity index (χ4n) is 2.94. The van der Waals surface area contributed by atoms with Crippen LogP contribution in [0.4, 0.5) is 0 Å². The molecule has 0 bridgehead atoms. The molecule has 0 unspecified atom stereocenters. The lowest BCUT2D eigenvalue weighted by atomic mass is 10.1. The zero-order chi connectivity index (χ0) is 18.1. The molecule has 0 atom stereocenters. The fourth-order valence-corrected chi connectivity index (χ4v) is 4.78. The van der Waals surface area contributed by atoms with Gasteiger partial charge in [0, 0.05) is 13.0 Å². The van der Waals surface area contributed by atoms with Gasteiger partial charge in [0.1, 0.15) is 5.75 Å². The molecule has 2 aliphatic heterocycles. The minimum Gasteiger partial charge on any atom is -0.480 e. The molecule has 0 aromatic heterocycles. The molecular weight excluding hydrogens is 374 g/mol. The molecule has 2 fully saturated rings. The number of piperidine rings is 1. The maximum absolute atomic E-state index is 12.9. The second-order valence-electron chi connectivity index (χ2n) is 5.82. The number of aliphatic carboxylic acids is 1. The van der Waals surface area contributed by atoms with E-state index in [1.807, 2.05) is 0 Å². The quantitative estimate of drug-likeness (QED) is 0.807. The van der Waals surface area contributed by atoms with Crippen LogP contribution in [0.25, 0.3) is 0 Å². The van der Waals surface area contributed by atoms with Gasteiger partial charge in [-0.25, -0.2) is 13.2 Å². The van der Waals surface area contributed by atoms with E-state index in [1.54, 1.807) is 0 Å². The van der Waals surface area contributed by atoms with Gasteiger partial charge < -0.3 is 19.3 Å². The molecule has 3 rings (SSSR count). The van der Waals surface area contributed by atoms with Crippen LogP contribution in [0.15, 0.2) is 23.1 Å². The third kappa shape index (κ3) is 3.90. The molecule has 2 heterocycles. The van der Waals surface area contributed by atoms with Crippen molar-refractivity contribution in [2.45, 2.75) is 23.5 Å². The Bertz CT molecular complexity index is 761. The summed E-state index contributed by atoms with van der Waals surface area (Å²) in [4.78, 5) is 10.6. The van der Waals surface area contributed by atoms with Crippen molar-refractivity contribution in [1.82, 2.24) is 4.31 Å². The van der Waals surface area contributed by atoms with Crippen molar-refractivity contribution in [2.24, 2.45) is 0 Å². The number of sulfonamides is 1. The topological polar surface area (TPSA) is 102 Å². The predicted octanol–water partition coefficient (Wildman–Crippen LogP) is 1.33. The summed E-state index contributed by atoms with van der Waals surface area (Å²) in [5.41, 5.74) is 0. The van der Waals surface area contributed by atoms with Crippen molar-refractivity contribution >= 4 is 27.6 Å². The Balaban J connectivity index is 1.79. The maximum atomic E-state index is 12.9. The summed E-state index contributed by atoms with van der Waals surface area (Å²) < 4.78 is 43.3. The molecule has 10 heteroatoms. The van der Waals surface area contributed by atoms with Gasteiger partial charge >= 0.3 is 5.97 Å². The summed E-state index contributed by atoms with van der Waals surface area (Å²) in [6.45, 7) is 0.843. The van der Waals surface area contributed by atoms with Gasteiger partial charge in [0.2, 0.25) is 10.0 Å². The average molecular weight is 392 g/mol. The summed E-state index contributed by atoms with van der Waals surface area (Å²) in [6, 6.07) is 3.95. The van der Waals surface area contributed by atoms with Crippen molar-refractivity contribution in [3.05, 3.63) is 23.2 Å². The van der Waals surface area contributed by atoms with Crippen LogP contribution in [0.2, 0.25) is 5.02 Å². The van der Waals surface area contributed by atoms with Gasteiger partial charge in [0.15, 0.2) is 12.4 Å². The van der Waals surface area contributed by atoms with Crippen molar-refractivity contribution in [3.63, 3.8) is 0 Å². The summed E-state index contributed by atoms with van der Waals surface area (Å²) in [5, 5.41) is 8.66. The van der Waals surface area contributed by atoms with Crippen LogP contribution in [-0.2, 0) is 24.3 Å². The molecule has 8 nitrogen and oxygen atoms in total. The monoisotopic (exact) mass is 391 g/mol. The van der Waals surface area contributed by atoms with Gasteiger partial charge in [-0.05, 0) is 24.6 Å². The first kappa shape index (κ1) is 18.4. The number of ether oxygens (including phenoxy) is 3. The zero-order valence-electron chi connectivity index (χ0n) is 13.3. The summed E-state index contributed by atoms with van der Waals surface area (Å²) in [5.74, 6) is -1.90. The van der Waals surface area contributed by atoms with Gasteiger partial charge in [-0.1, -0.05) is 11.6 Å². The molecule has 1 aromatic rings. The van der Waals surface area contributed by atoms with E-state index >= 15 is 0 Å². The molecule has 25 heavy (non-hydrogen) atoms. The fraction of sp³-hybridized carbons (Fsp3) is 0.533. The summed E-state index contributed by atoms with van der Waals surface area (Å²) in [6.07, 6.45) is 1.29. The van der Waals surface area contributed by atoms with Crippen LogP contribution in [0.5, 0.6) is 5.75 Å². The summed E-state index contributed by atoms with van der Waals surface area (Å²) in [7, 11) is -3.78. The molecule has 2 aliphatic rings. The van der Waals surface area contributed by atoms with Gasteiger partial charge in [-0.2, -0.15) is 4.31 Å². The highest BCUT2D eigenvalue weighted by molar-refractivity contribution is 7.89. The van der Waals surface area contributed by atoms with E-state index in [2.05, 4.69) is 0 Å². The smallest absolute Gasteiger partial charge is 0.341 e. The van der Waals surface area contributed by atoms with Gasteiger partial charge in [0.05, 0.1) is 29.7 Å². The first-order valence-electron chi connectivity index (χ1n) is 7.75. The van der Waals surface area contributed by atoms with Crippen molar-refractivity contribution < 1.29 is 32.5 Å². The Hall–Kier alpha value is -1.39. The third-order valence-electron chi connectivity index (χ3n) is 4.09. The van der Waals surface area contributed by atoms with E-state index in [4.69, 9.17) is 30.9 Å². The van der Waals surface area contributed by atoms with Crippen LogP contribution < -0.4 is 4.74 Å². The number of benzene rings is 1. The molecule has 138 valence electrons. The second kappa shape index (κ2) is 7.08. The molecule has 2 saturated heterocycles. The first-order valence-corrected chi connectivity index (χ1v) is 9.56. The zero-order valence-corrected chi connectivity index (χ0v) is 14.9. The third-order valence-corrected chi connectivity index (χ3v) is 6.22. The Morgan fingerprint density at radius 3 is 2.72 bits per heavy atom. The standard InChI is InChI=1S/C15H18ClNO7S/c16-12-8-11(2-3-13(12)22-9-14(18)19)25(20,21)17-5-1-4-15(10-17)23-6-7-24-15/h2-3,8H,1,4-7,9-10H2,(H,18,19). The largest absolute Gasteiger partial charge is 0.480 e. The Morgan fingerprint density at radius 2 is 2.08 bits per heavy atom. The molecule has 0 amide bonds. The van der Waals surface area contributed by atoms with E-state index < -0.39 is 28.4 Å². The number of nitrogens with zero attached hydrogens (tertiary/aromatic N) is 1. The van der Waals surface area contributed by atoms with Crippen molar-refractivity contribution in [3.8, 4) is 5.75 Å². The minimum absolute atomic E-state index is 0.00946. The number of carboxylic acid groups (broad SMARTS) is 1. The Kier molecular flexibility index (Phi) is 5.21. The van der Waals surface area contributed by atoms with E-state index in [0.717, 1.165) is 0 Å². The number of carboxylic acids is 1. The number of halogens is 1. The molecule has 1 N–H and O–H groups in total. The van der Waals surface area contributed by atoms with E-state index in [-0.39, 0.29) is 22.2 Å². The molecular formula is C15H18ClNO7S. The van der Waals surface area contributed by atoms with Crippen LogP contribution in [0, 0.1) is 0 Å². The predicted molar refractivity (Wildman–Crippen MR) is 87.2 cm³/mol. The molecule has 1 aromatic carbocycles. The van der Waals surface area contributed by atoms with Crippen LogP contribution >= 0.6 is 11.6 Å². The van der Waals surface area contributed by atoms with E-state index in [1.165, 1.54) is 22.5 Å². The number of carbonyl (C=O) groups is 1. The van der Waals surface area contributed by atoms with Crippen LogP contribution in [0.1, 0.15) is 12.8 Å². The molecule has 0 aliphatic carbocycles. The van der Waals surface area contributed by atoms with Gasteiger partial charge in [-0.3, -0.25) is 0 Å². The SMILES string of the molecule is O=C(O)COc1ccc(S(=O)(=O)N2CCCC3(C2)OCCO3)cc1Cl. The Labute approximate surface area is 150 Å². The molecule has 1 spiro atoms. The highest BCUT2D eigenvalue weighted by Crippen LogP contribution is 2.34. The lowest BCUT2D eigenvalue weighted by Crippen LogP contribution is -2.50. The maximum Gasteiger partial charge on any atom is 0.341 e. The normalized spacial score (nSPS) is 20.7. The average Bonchev–Trinajstić information content (AvgIpc) is 3.01. The minimum atomic E-state index is -3.78. The first-order chi connectivity index (χ1) is 11.8. The van der Waals surface area contributed by atoms with Crippen LogP contribution in [0.3, 0.4) is 0 Å². The second-order valence-corrected chi connectivity index (χ2v) is 8.17. The van der Waals surface area contributed by atoms with E-state index in [9.17, 15) is 13.2 Å². The molecule has 0 saturated carbocycles. The lowest BCUT2D eigenvalue weighted by Gasteiger charge is -2.37. The number of hydrogen-bond acceptors (Lipinski definition) is 6. The van der Waals surface area contributed by atoms with Crippen molar-refractivity contribution in [1.29, 1.82) is 0 Å². The van der Waals surface area contributed by atoms with Gasteiger partial charge in [-0.15, -0.1) is 0 Å². The number of hydrogen-bond donors (Lipinski definition) is 1. The van der Waals surface area contributed by atoms with Gasteiger partial charge in [0.25, 0.3) is 0 Å². The van der Waals surface area contributed by atoms with Crippen LogP contribution in [-0.4, -0.2) is 62.5 Å².